The van der Waals surface area contributed by atoms with E-state index in [0.29, 0.717) is 21.9 Å². The van der Waals surface area contributed by atoms with Crippen LogP contribution in [-0.2, 0) is 0 Å². The van der Waals surface area contributed by atoms with Crippen molar-refractivity contribution >= 4 is 46.3 Å². The molecule has 0 radical (unpaired) electrons. The Morgan fingerprint density at radius 1 is 1.11 bits per heavy atom. The van der Waals surface area contributed by atoms with Gasteiger partial charge in [-0.1, -0.05) is 59.6 Å². The number of benzene rings is 2. The monoisotopic (exact) mass is 413 g/mol. The summed E-state index contributed by atoms with van der Waals surface area (Å²) in [5, 5.41) is 5.76. The standard InChI is InChI=1S/C19H13Cl2N5O2/c20-12-7-4-8-13(15(12)21)23-18(28)11-9-14(27)25-26-17(11)16(24-19(26)22)10-5-2-1-3-6-10/h1-9H,(H2,22,24)(H,23,28)(H,25,27). The highest BCUT2D eigenvalue weighted by molar-refractivity contribution is 6.44. The maximum atomic E-state index is 13.0. The van der Waals surface area contributed by atoms with Crippen LogP contribution in [0.3, 0.4) is 0 Å². The molecule has 0 bridgehead atoms. The molecule has 0 atom stereocenters. The first-order valence-corrected chi connectivity index (χ1v) is 8.93. The molecule has 4 aromatic rings. The Bertz CT molecular complexity index is 1260. The van der Waals surface area contributed by atoms with Crippen LogP contribution in [0.25, 0.3) is 16.8 Å². The summed E-state index contributed by atoms with van der Waals surface area (Å²) in [7, 11) is 0. The molecule has 0 fully saturated rings. The first-order valence-electron chi connectivity index (χ1n) is 8.17. The molecular weight excluding hydrogens is 401 g/mol. The molecule has 140 valence electrons. The number of fused-ring (bicyclic) bond motifs is 1. The molecule has 0 aliphatic rings. The van der Waals surface area contributed by atoms with Gasteiger partial charge in [0.25, 0.3) is 11.5 Å². The largest absolute Gasteiger partial charge is 0.368 e. The normalized spacial score (nSPS) is 10.9. The predicted molar refractivity (Wildman–Crippen MR) is 110 cm³/mol. The van der Waals surface area contributed by atoms with Crippen molar-refractivity contribution in [2.24, 2.45) is 0 Å². The lowest BCUT2D eigenvalue weighted by atomic mass is 10.1. The minimum atomic E-state index is -0.544. The van der Waals surface area contributed by atoms with Crippen molar-refractivity contribution in [1.29, 1.82) is 0 Å². The number of nitrogen functional groups attached to an aromatic ring is 1. The molecule has 0 aliphatic carbocycles. The maximum absolute atomic E-state index is 13.0. The highest BCUT2D eigenvalue weighted by Gasteiger charge is 2.21. The lowest BCUT2D eigenvalue weighted by Gasteiger charge is -2.10. The van der Waals surface area contributed by atoms with Crippen LogP contribution in [0.15, 0.2) is 59.4 Å². The Hall–Kier alpha value is -3.29. The van der Waals surface area contributed by atoms with E-state index in [4.69, 9.17) is 28.9 Å². The number of carbonyl (C=O) groups is 1. The van der Waals surface area contributed by atoms with E-state index in [-0.39, 0.29) is 16.5 Å². The van der Waals surface area contributed by atoms with Gasteiger partial charge in [-0.25, -0.2) is 9.50 Å². The number of nitrogens with zero attached hydrogens (tertiary/aromatic N) is 2. The topological polar surface area (TPSA) is 105 Å². The molecule has 2 aromatic heterocycles. The second-order valence-corrected chi connectivity index (χ2v) is 6.74. The van der Waals surface area contributed by atoms with Crippen LogP contribution in [0.1, 0.15) is 10.4 Å². The molecule has 0 spiro atoms. The molecule has 2 aromatic carbocycles. The van der Waals surface area contributed by atoms with Gasteiger partial charge in [-0.05, 0) is 12.1 Å². The molecule has 0 aliphatic heterocycles. The van der Waals surface area contributed by atoms with Gasteiger partial charge < -0.3 is 11.1 Å². The lowest BCUT2D eigenvalue weighted by molar-refractivity contribution is 0.102. The summed E-state index contributed by atoms with van der Waals surface area (Å²) in [4.78, 5) is 29.4. The fourth-order valence-corrected chi connectivity index (χ4v) is 3.25. The molecule has 7 nitrogen and oxygen atoms in total. The summed E-state index contributed by atoms with van der Waals surface area (Å²) in [5.74, 6) is -0.487. The number of hydrogen-bond donors (Lipinski definition) is 3. The highest BCUT2D eigenvalue weighted by Crippen LogP contribution is 2.31. The smallest absolute Gasteiger partial charge is 0.263 e. The van der Waals surface area contributed by atoms with Crippen LogP contribution in [0.2, 0.25) is 10.0 Å². The summed E-state index contributed by atoms with van der Waals surface area (Å²) < 4.78 is 1.29. The number of hydrogen-bond acceptors (Lipinski definition) is 4. The molecule has 1 amide bonds. The lowest BCUT2D eigenvalue weighted by Crippen LogP contribution is -2.20. The minimum Gasteiger partial charge on any atom is -0.368 e. The van der Waals surface area contributed by atoms with E-state index in [1.54, 1.807) is 18.2 Å². The Labute approximate surface area is 168 Å². The first-order chi connectivity index (χ1) is 13.5. The van der Waals surface area contributed by atoms with E-state index in [2.05, 4.69) is 15.4 Å². The van der Waals surface area contributed by atoms with Gasteiger partial charge in [0.1, 0.15) is 11.2 Å². The van der Waals surface area contributed by atoms with Crippen molar-refractivity contribution in [3.8, 4) is 11.3 Å². The van der Waals surface area contributed by atoms with Crippen molar-refractivity contribution in [3.05, 3.63) is 80.6 Å². The summed E-state index contributed by atoms with van der Waals surface area (Å²) >= 11 is 12.2. The van der Waals surface area contributed by atoms with Crippen molar-refractivity contribution in [2.75, 3.05) is 11.1 Å². The zero-order chi connectivity index (χ0) is 19.8. The average Bonchev–Trinajstić information content (AvgIpc) is 3.02. The van der Waals surface area contributed by atoms with Gasteiger partial charge in [-0.2, -0.15) is 0 Å². The quantitative estimate of drug-likeness (QED) is 0.474. The number of anilines is 2. The van der Waals surface area contributed by atoms with E-state index in [0.717, 1.165) is 5.56 Å². The number of carbonyl (C=O) groups excluding carboxylic acids is 1. The van der Waals surface area contributed by atoms with E-state index >= 15 is 0 Å². The Balaban J connectivity index is 1.90. The summed E-state index contributed by atoms with van der Waals surface area (Å²) in [5.41, 5.74) is 7.48. The predicted octanol–water partition coefficient (Wildman–Crippen LogP) is 3.83. The third kappa shape index (κ3) is 3.11. The van der Waals surface area contributed by atoms with Crippen molar-refractivity contribution < 1.29 is 4.79 Å². The number of amides is 1. The summed E-state index contributed by atoms with van der Waals surface area (Å²) in [6, 6.07) is 15.3. The molecule has 4 rings (SSSR count). The number of nitrogens with one attached hydrogen (secondary N) is 2. The highest BCUT2D eigenvalue weighted by atomic mass is 35.5. The maximum Gasteiger partial charge on any atom is 0.263 e. The van der Waals surface area contributed by atoms with Crippen LogP contribution in [-0.4, -0.2) is 20.5 Å². The van der Waals surface area contributed by atoms with E-state index in [9.17, 15) is 9.59 Å². The molecule has 0 unspecified atom stereocenters. The first kappa shape index (κ1) is 18.1. The third-order valence-electron chi connectivity index (χ3n) is 4.15. The van der Waals surface area contributed by atoms with Crippen molar-refractivity contribution in [1.82, 2.24) is 14.6 Å². The zero-order valence-electron chi connectivity index (χ0n) is 14.2. The van der Waals surface area contributed by atoms with Crippen molar-refractivity contribution in [3.63, 3.8) is 0 Å². The van der Waals surface area contributed by atoms with Gasteiger partial charge in [0.2, 0.25) is 5.95 Å². The van der Waals surface area contributed by atoms with E-state index in [1.165, 1.54) is 10.6 Å². The van der Waals surface area contributed by atoms with Gasteiger partial charge in [0.15, 0.2) is 0 Å². The van der Waals surface area contributed by atoms with E-state index in [1.807, 2.05) is 30.3 Å². The summed E-state index contributed by atoms with van der Waals surface area (Å²) in [6.45, 7) is 0. The van der Waals surface area contributed by atoms with Gasteiger partial charge in [0, 0.05) is 11.6 Å². The minimum absolute atomic E-state index is 0.0568. The second kappa shape index (κ2) is 7.03. The van der Waals surface area contributed by atoms with Gasteiger partial charge in [-0.3, -0.25) is 14.7 Å². The molecule has 9 heteroatoms. The van der Waals surface area contributed by atoms with Gasteiger partial charge in [-0.15, -0.1) is 0 Å². The fourth-order valence-electron chi connectivity index (χ4n) is 2.90. The fraction of sp³-hybridized carbons (Fsp3) is 0. The third-order valence-corrected chi connectivity index (χ3v) is 4.97. The van der Waals surface area contributed by atoms with Gasteiger partial charge >= 0.3 is 0 Å². The van der Waals surface area contributed by atoms with E-state index < -0.39 is 11.5 Å². The number of nitrogens with two attached hydrogens (primary N) is 1. The molecule has 0 saturated heterocycles. The van der Waals surface area contributed by atoms with Crippen LogP contribution in [0, 0.1) is 0 Å². The number of halogens is 2. The zero-order valence-corrected chi connectivity index (χ0v) is 15.8. The molecular formula is C19H13Cl2N5O2. The number of rotatable bonds is 3. The second-order valence-electron chi connectivity index (χ2n) is 5.96. The summed E-state index contributed by atoms with van der Waals surface area (Å²) in [6.07, 6.45) is 0. The number of aromatic amines is 1. The number of H-pyrrole nitrogens is 1. The van der Waals surface area contributed by atoms with Crippen molar-refractivity contribution in [2.45, 2.75) is 0 Å². The van der Waals surface area contributed by atoms with Crippen LogP contribution in [0.4, 0.5) is 11.6 Å². The Kier molecular flexibility index (Phi) is 4.54. The molecule has 2 heterocycles. The van der Waals surface area contributed by atoms with Crippen LogP contribution < -0.4 is 16.6 Å². The van der Waals surface area contributed by atoms with Gasteiger partial charge in [0.05, 0.1) is 21.3 Å². The number of imidazole rings is 1. The van der Waals surface area contributed by atoms with Crippen LogP contribution >= 0.6 is 23.2 Å². The molecule has 0 saturated carbocycles. The average molecular weight is 414 g/mol. The molecule has 28 heavy (non-hydrogen) atoms. The SMILES string of the molecule is Nc1nc(-c2ccccc2)c2c(C(=O)Nc3cccc(Cl)c3Cl)cc(=O)[nH]n12. The van der Waals surface area contributed by atoms with Crippen LogP contribution in [0.5, 0.6) is 0 Å². The Morgan fingerprint density at radius 3 is 2.61 bits per heavy atom. The Morgan fingerprint density at radius 2 is 1.86 bits per heavy atom. The molecule has 4 N–H and O–H groups in total. The number of aromatic nitrogens is 3.